The van der Waals surface area contributed by atoms with Gasteiger partial charge in [0.25, 0.3) is 0 Å². The molecule has 0 aromatic heterocycles. The van der Waals surface area contributed by atoms with Gasteiger partial charge in [0.05, 0.1) is 12.5 Å². The molecule has 4 rings (SSSR count). The van der Waals surface area contributed by atoms with Gasteiger partial charge in [-0.15, -0.1) is 0 Å². The standard InChI is InChI=1S/C12H19NO2/c1-15-11(14)12-4-7-2-8(5-12)10(13)9(3-7)6-12/h7-10H,2-6,13H2,1H3/t7-,8-,9+,10?,12-. The Labute approximate surface area is 90.4 Å². The second kappa shape index (κ2) is 2.97. The van der Waals surface area contributed by atoms with Crippen LogP contribution >= 0.6 is 0 Å². The van der Waals surface area contributed by atoms with Crippen molar-refractivity contribution in [2.24, 2.45) is 28.9 Å². The van der Waals surface area contributed by atoms with Gasteiger partial charge in [-0.1, -0.05) is 0 Å². The van der Waals surface area contributed by atoms with Crippen molar-refractivity contribution >= 4 is 5.97 Å². The molecular weight excluding hydrogens is 190 g/mol. The highest BCUT2D eigenvalue weighted by molar-refractivity contribution is 5.77. The van der Waals surface area contributed by atoms with Gasteiger partial charge >= 0.3 is 5.97 Å². The minimum absolute atomic E-state index is 0.0220. The molecular formula is C12H19NO2. The van der Waals surface area contributed by atoms with Crippen molar-refractivity contribution in [3.8, 4) is 0 Å². The van der Waals surface area contributed by atoms with E-state index >= 15 is 0 Å². The third-order valence-corrected chi connectivity index (χ3v) is 4.96. The van der Waals surface area contributed by atoms with Crippen LogP contribution in [0.1, 0.15) is 32.1 Å². The largest absolute Gasteiger partial charge is 0.469 e. The van der Waals surface area contributed by atoms with Gasteiger partial charge in [0.2, 0.25) is 0 Å². The molecule has 15 heavy (non-hydrogen) atoms. The maximum Gasteiger partial charge on any atom is 0.311 e. The van der Waals surface area contributed by atoms with Crippen molar-refractivity contribution in [1.82, 2.24) is 0 Å². The first-order chi connectivity index (χ1) is 7.14. The number of carbonyl (C=O) groups excluding carboxylic acids is 1. The van der Waals surface area contributed by atoms with E-state index < -0.39 is 0 Å². The van der Waals surface area contributed by atoms with Crippen LogP contribution in [0.25, 0.3) is 0 Å². The molecule has 4 aliphatic carbocycles. The van der Waals surface area contributed by atoms with Gasteiger partial charge in [-0.25, -0.2) is 0 Å². The van der Waals surface area contributed by atoms with E-state index in [0.717, 1.165) is 25.2 Å². The quantitative estimate of drug-likeness (QED) is 0.662. The third kappa shape index (κ3) is 1.19. The minimum Gasteiger partial charge on any atom is -0.469 e. The Kier molecular flexibility index (Phi) is 1.91. The Bertz CT molecular complexity index is 286. The summed E-state index contributed by atoms with van der Waals surface area (Å²) in [6, 6.07) is 0.347. The first-order valence-corrected chi connectivity index (χ1v) is 5.98. The van der Waals surface area contributed by atoms with E-state index in [9.17, 15) is 4.79 Å². The Morgan fingerprint density at radius 1 is 1.27 bits per heavy atom. The lowest BCUT2D eigenvalue weighted by Gasteiger charge is -2.57. The monoisotopic (exact) mass is 209 g/mol. The second-order valence-corrected chi connectivity index (χ2v) is 5.82. The number of hydrogen-bond donors (Lipinski definition) is 1. The summed E-state index contributed by atoms with van der Waals surface area (Å²) in [4.78, 5) is 11.9. The summed E-state index contributed by atoms with van der Waals surface area (Å²) in [5.74, 6) is 1.92. The molecule has 4 saturated carbocycles. The molecule has 4 bridgehead atoms. The number of ether oxygens (including phenoxy) is 1. The van der Waals surface area contributed by atoms with Gasteiger partial charge in [-0.2, -0.15) is 0 Å². The van der Waals surface area contributed by atoms with Gasteiger partial charge < -0.3 is 10.5 Å². The molecule has 3 nitrogen and oxygen atoms in total. The first kappa shape index (κ1) is 9.64. The molecule has 0 spiro atoms. The van der Waals surface area contributed by atoms with Crippen LogP contribution < -0.4 is 5.73 Å². The van der Waals surface area contributed by atoms with Crippen LogP contribution in [0.3, 0.4) is 0 Å². The summed E-state index contributed by atoms with van der Waals surface area (Å²) in [5.41, 5.74) is 6.06. The maximum absolute atomic E-state index is 11.9. The summed E-state index contributed by atoms with van der Waals surface area (Å²) in [7, 11) is 1.51. The van der Waals surface area contributed by atoms with E-state index in [0.29, 0.717) is 17.9 Å². The fourth-order valence-corrected chi connectivity index (χ4v) is 4.53. The molecule has 0 amide bonds. The van der Waals surface area contributed by atoms with Crippen molar-refractivity contribution in [2.45, 2.75) is 38.1 Å². The topological polar surface area (TPSA) is 52.3 Å². The molecule has 0 aliphatic heterocycles. The SMILES string of the molecule is COC(=O)[C@]12C[C@@H]3C[C@H](C1)C(N)[C@@H](C3)C2. The summed E-state index contributed by atoms with van der Waals surface area (Å²) >= 11 is 0. The number of rotatable bonds is 1. The highest BCUT2D eigenvalue weighted by atomic mass is 16.5. The molecule has 1 unspecified atom stereocenters. The number of esters is 1. The number of methoxy groups -OCH3 is 1. The van der Waals surface area contributed by atoms with Gasteiger partial charge in [0.15, 0.2) is 0 Å². The summed E-state index contributed by atoms with van der Waals surface area (Å²) in [6.45, 7) is 0. The van der Waals surface area contributed by atoms with Crippen LogP contribution in [0, 0.1) is 23.2 Å². The van der Waals surface area contributed by atoms with Gasteiger partial charge in [-0.05, 0) is 49.9 Å². The van der Waals surface area contributed by atoms with E-state index in [-0.39, 0.29) is 11.4 Å². The zero-order valence-corrected chi connectivity index (χ0v) is 9.24. The van der Waals surface area contributed by atoms with Gasteiger partial charge in [-0.3, -0.25) is 4.79 Å². The maximum atomic E-state index is 11.9. The number of hydrogen-bond acceptors (Lipinski definition) is 3. The fraction of sp³-hybridized carbons (Fsp3) is 0.917. The molecule has 0 aromatic rings. The van der Waals surface area contributed by atoms with Crippen LogP contribution in [0.4, 0.5) is 0 Å². The Balaban J connectivity index is 1.92. The van der Waals surface area contributed by atoms with Crippen molar-refractivity contribution in [3.63, 3.8) is 0 Å². The molecule has 5 atom stereocenters. The lowest BCUT2D eigenvalue weighted by atomic mass is 9.48. The molecule has 84 valence electrons. The van der Waals surface area contributed by atoms with Crippen LogP contribution in [-0.4, -0.2) is 19.1 Å². The predicted octanol–water partition coefficient (Wildman–Crippen LogP) is 1.31. The second-order valence-electron chi connectivity index (χ2n) is 5.82. The van der Waals surface area contributed by atoms with E-state index in [4.69, 9.17) is 10.5 Å². The zero-order chi connectivity index (χ0) is 10.6. The highest BCUT2D eigenvalue weighted by Gasteiger charge is 2.58. The lowest BCUT2D eigenvalue weighted by molar-refractivity contribution is -0.169. The van der Waals surface area contributed by atoms with Crippen LogP contribution in [0.2, 0.25) is 0 Å². The molecule has 4 fully saturated rings. The first-order valence-electron chi connectivity index (χ1n) is 5.98. The zero-order valence-electron chi connectivity index (χ0n) is 9.24. The molecule has 0 aromatic carbocycles. The number of carbonyl (C=O) groups is 1. The van der Waals surface area contributed by atoms with E-state index in [1.54, 1.807) is 0 Å². The average Bonchev–Trinajstić information content (AvgIpc) is 2.23. The van der Waals surface area contributed by atoms with E-state index in [1.165, 1.54) is 20.0 Å². The van der Waals surface area contributed by atoms with Crippen LogP contribution in [-0.2, 0) is 9.53 Å². The Morgan fingerprint density at radius 3 is 2.40 bits per heavy atom. The van der Waals surface area contributed by atoms with E-state index in [1.807, 2.05) is 0 Å². The molecule has 0 radical (unpaired) electrons. The predicted molar refractivity (Wildman–Crippen MR) is 56.0 cm³/mol. The van der Waals surface area contributed by atoms with Crippen LogP contribution in [0.5, 0.6) is 0 Å². The number of nitrogens with two attached hydrogens (primary N) is 1. The highest BCUT2D eigenvalue weighted by Crippen LogP contribution is 2.59. The normalized spacial score (nSPS) is 51.9. The van der Waals surface area contributed by atoms with Crippen LogP contribution in [0.15, 0.2) is 0 Å². The van der Waals surface area contributed by atoms with Crippen molar-refractivity contribution in [2.75, 3.05) is 7.11 Å². The molecule has 2 N–H and O–H groups in total. The molecule has 4 aliphatic rings. The van der Waals surface area contributed by atoms with Crippen molar-refractivity contribution < 1.29 is 9.53 Å². The third-order valence-electron chi connectivity index (χ3n) is 4.96. The Morgan fingerprint density at radius 2 is 1.87 bits per heavy atom. The summed E-state index contributed by atoms with van der Waals surface area (Å²) in [5, 5.41) is 0. The van der Waals surface area contributed by atoms with Crippen molar-refractivity contribution in [3.05, 3.63) is 0 Å². The Hall–Kier alpha value is -0.570. The molecule has 3 heteroatoms. The molecule has 0 heterocycles. The van der Waals surface area contributed by atoms with Crippen molar-refractivity contribution in [1.29, 1.82) is 0 Å². The van der Waals surface area contributed by atoms with E-state index in [2.05, 4.69) is 0 Å². The lowest BCUT2D eigenvalue weighted by Crippen LogP contribution is -2.59. The summed E-state index contributed by atoms with van der Waals surface area (Å²) in [6.07, 6.45) is 5.51. The fourth-order valence-electron chi connectivity index (χ4n) is 4.53. The summed E-state index contributed by atoms with van der Waals surface area (Å²) < 4.78 is 4.99. The van der Waals surface area contributed by atoms with Gasteiger partial charge in [0.1, 0.15) is 0 Å². The average molecular weight is 209 g/mol. The minimum atomic E-state index is -0.152. The molecule has 0 saturated heterocycles. The van der Waals surface area contributed by atoms with Gasteiger partial charge in [0, 0.05) is 6.04 Å². The smallest absolute Gasteiger partial charge is 0.311 e.